The second-order valence-electron chi connectivity index (χ2n) is 10.5. The van der Waals surface area contributed by atoms with E-state index in [-0.39, 0.29) is 28.1 Å². The van der Waals surface area contributed by atoms with Gasteiger partial charge in [-0.15, -0.1) is 0 Å². The minimum absolute atomic E-state index is 0.0875. The molecule has 0 bridgehead atoms. The van der Waals surface area contributed by atoms with E-state index in [1.807, 2.05) is 6.92 Å². The normalized spacial score (nSPS) is 46.1. The van der Waals surface area contributed by atoms with Crippen molar-refractivity contribution in [2.24, 2.45) is 34.0 Å². The Balaban J connectivity index is 2.01. The Kier molecular flexibility index (Phi) is 5.31. The van der Waals surface area contributed by atoms with E-state index in [1.54, 1.807) is 0 Å². The third-order valence-corrected chi connectivity index (χ3v) is 8.51. The van der Waals surface area contributed by atoms with Gasteiger partial charge in [-0.05, 0) is 67.1 Å². The quantitative estimate of drug-likeness (QED) is 0.573. The average Bonchev–Trinajstić information content (AvgIpc) is 2.57. The molecule has 3 rings (SSSR count). The van der Waals surface area contributed by atoms with Crippen molar-refractivity contribution >= 4 is 5.97 Å². The minimum Gasteiger partial charge on any atom is -0.465 e. The molecule has 0 aromatic heterocycles. The Labute approximate surface area is 164 Å². The van der Waals surface area contributed by atoms with Crippen molar-refractivity contribution < 1.29 is 19.7 Å². The molecule has 3 aliphatic rings. The second kappa shape index (κ2) is 6.88. The summed E-state index contributed by atoms with van der Waals surface area (Å²) in [7, 11) is 0. The van der Waals surface area contributed by atoms with Crippen LogP contribution in [0.5, 0.6) is 0 Å². The Morgan fingerprint density at radius 3 is 2.48 bits per heavy atom. The van der Waals surface area contributed by atoms with Crippen molar-refractivity contribution in [1.29, 1.82) is 0 Å². The van der Waals surface area contributed by atoms with Gasteiger partial charge in [0.2, 0.25) is 0 Å². The van der Waals surface area contributed by atoms with Crippen LogP contribution >= 0.6 is 0 Å². The summed E-state index contributed by atoms with van der Waals surface area (Å²) in [6.45, 7) is 13.3. The number of fused-ring (bicyclic) bond motifs is 3. The number of aliphatic hydroxyl groups is 2. The molecule has 3 aliphatic carbocycles. The van der Waals surface area contributed by atoms with Gasteiger partial charge in [-0.2, -0.15) is 0 Å². The van der Waals surface area contributed by atoms with Crippen molar-refractivity contribution in [2.45, 2.75) is 85.9 Å². The first kappa shape index (κ1) is 20.9. The number of aliphatic hydroxyl groups excluding tert-OH is 2. The van der Waals surface area contributed by atoms with Gasteiger partial charge < -0.3 is 14.9 Å². The smallest absolute Gasteiger partial charge is 0.313 e. The third-order valence-electron chi connectivity index (χ3n) is 8.51. The van der Waals surface area contributed by atoms with Crippen LogP contribution in [0.15, 0.2) is 11.6 Å². The fourth-order valence-corrected chi connectivity index (χ4v) is 7.29. The summed E-state index contributed by atoms with van der Waals surface area (Å²) in [6.07, 6.45) is 5.14. The van der Waals surface area contributed by atoms with E-state index in [4.69, 9.17) is 4.74 Å². The Bertz CT molecular complexity index is 624. The summed E-state index contributed by atoms with van der Waals surface area (Å²) in [4.78, 5) is 13.0. The molecule has 0 aliphatic heterocycles. The molecular formula is C23H38O4. The van der Waals surface area contributed by atoms with E-state index in [0.717, 1.165) is 31.3 Å². The summed E-state index contributed by atoms with van der Waals surface area (Å²) >= 11 is 0. The fraction of sp³-hybridized carbons (Fsp3) is 0.870. The van der Waals surface area contributed by atoms with Crippen LogP contribution in [0, 0.1) is 34.0 Å². The molecule has 0 amide bonds. The molecule has 2 fully saturated rings. The lowest BCUT2D eigenvalue weighted by Crippen LogP contribution is -2.64. The maximum atomic E-state index is 13.0. The molecule has 0 saturated heterocycles. The molecule has 7 atom stereocenters. The number of carbonyl (C=O) groups excluding carboxylic acids is 1. The molecule has 0 aromatic carbocycles. The summed E-state index contributed by atoms with van der Waals surface area (Å²) in [5, 5.41) is 21.3. The number of hydrogen-bond acceptors (Lipinski definition) is 4. The van der Waals surface area contributed by atoms with Gasteiger partial charge in [0, 0.05) is 0 Å². The van der Waals surface area contributed by atoms with E-state index in [9.17, 15) is 15.0 Å². The molecular weight excluding hydrogens is 340 g/mol. The van der Waals surface area contributed by atoms with Gasteiger partial charge in [-0.3, -0.25) is 4.79 Å². The van der Waals surface area contributed by atoms with Gasteiger partial charge in [0.1, 0.15) is 0 Å². The lowest BCUT2D eigenvalue weighted by atomic mass is 9.39. The molecule has 4 nitrogen and oxygen atoms in total. The van der Waals surface area contributed by atoms with Gasteiger partial charge >= 0.3 is 5.97 Å². The Hall–Kier alpha value is -0.870. The maximum absolute atomic E-state index is 13.0. The zero-order valence-corrected chi connectivity index (χ0v) is 17.9. The number of esters is 1. The van der Waals surface area contributed by atoms with Crippen LogP contribution in [-0.2, 0) is 9.53 Å². The molecule has 0 radical (unpaired) electrons. The van der Waals surface area contributed by atoms with Crippen molar-refractivity contribution in [3.8, 4) is 0 Å². The molecule has 2 saturated carbocycles. The van der Waals surface area contributed by atoms with Gasteiger partial charge in [0.05, 0.1) is 24.7 Å². The SMILES string of the molecule is CCCOC(=O)C1C(C)=CCC2C1(C)CCC1C(C)(C)C(O)C(O)CC12C. The van der Waals surface area contributed by atoms with Gasteiger partial charge in [0.25, 0.3) is 0 Å². The van der Waals surface area contributed by atoms with Crippen molar-refractivity contribution in [3.05, 3.63) is 11.6 Å². The lowest BCUT2D eigenvalue weighted by Gasteiger charge is -2.66. The average molecular weight is 379 g/mol. The van der Waals surface area contributed by atoms with E-state index in [0.29, 0.717) is 24.9 Å². The van der Waals surface area contributed by atoms with Crippen LogP contribution in [0.1, 0.15) is 73.6 Å². The van der Waals surface area contributed by atoms with E-state index in [2.05, 4.69) is 40.7 Å². The van der Waals surface area contributed by atoms with Crippen molar-refractivity contribution in [1.82, 2.24) is 0 Å². The molecule has 7 unspecified atom stereocenters. The molecule has 0 aromatic rings. The van der Waals surface area contributed by atoms with Crippen molar-refractivity contribution in [2.75, 3.05) is 6.61 Å². The van der Waals surface area contributed by atoms with Crippen LogP contribution in [-0.4, -0.2) is 35.0 Å². The Morgan fingerprint density at radius 1 is 1.19 bits per heavy atom. The first-order valence-corrected chi connectivity index (χ1v) is 10.7. The summed E-state index contributed by atoms with van der Waals surface area (Å²) < 4.78 is 5.59. The third kappa shape index (κ3) is 2.98. The second-order valence-corrected chi connectivity index (χ2v) is 10.5. The monoisotopic (exact) mass is 378 g/mol. The van der Waals surface area contributed by atoms with Crippen LogP contribution in [0.2, 0.25) is 0 Å². The van der Waals surface area contributed by atoms with Crippen LogP contribution < -0.4 is 0 Å². The highest BCUT2D eigenvalue weighted by molar-refractivity contribution is 5.77. The van der Waals surface area contributed by atoms with Crippen LogP contribution in [0.25, 0.3) is 0 Å². The fourth-order valence-electron chi connectivity index (χ4n) is 7.29. The number of hydrogen-bond donors (Lipinski definition) is 2. The first-order chi connectivity index (χ1) is 12.5. The first-order valence-electron chi connectivity index (χ1n) is 10.7. The molecule has 154 valence electrons. The standard InChI is InChI=1S/C23H38O4/c1-7-12-27-20(26)18-14(2)8-9-17-22(18,5)11-10-16-21(3,4)19(25)15(24)13-23(16,17)6/h8,15-19,24-25H,7,9-13H2,1-6H3. The minimum atomic E-state index is -0.707. The summed E-state index contributed by atoms with van der Waals surface area (Å²) in [5.74, 6) is 0.344. The van der Waals surface area contributed by atoms with Gasteiger partial charge in [-0.1, -0.05) is 46.3 Å². The van der Waals surface area contributed by atoms with Crippen LogP contribution in [0.4, 0.5) is 0 Å². The largest absolute Gasteiger partial charge is 0.465 e. The van der Waals surface area contributed by atoms with Crippen LogP contribution in [0.3, 0.4) is 0 Å². The lowest BCUT2D eigenvalue weighted by molar-refractivity contribution is -0.219. The van der Waals surface area contributed by atoms with Crippen molar-refractivity contribution in [3.63, 3.8) is 0 Å². The van der Waals surface area contributed by atoms with E-state index >= 15 is 0 Å². The molecule has 0 spiro atoms. The highest BCUT2D eigenvalue weighted by Crippen LogP contribution is 2.68. The number of carbonyl (C=O) groups is 1. The Morgan fingerprint density at radius 2 is 1.85 bits per heavy atom. The number of allylic oxidation sites excluding steroid dienone is 1. The number of rotatable bonds is 3. The number of ether oxygens (including phenoxy) is 1. The zero-order valence-electron chi connectivity index (χ0n) is 17.9. The predicted molar refractivity (Wildman–Crippen MR) is 106 cm³/mol. The molecule has 2 N–H and O–H groups in total. The highest BCUT2D eigenvalue weighted by Gasteiger charge is 2.65. The highest BCUT2D eigenvalue weighted by atomic mass is 16.5. The van der Waals surface area contributed by atoms with Gasteiger partial charge in [-0.25, -0.2) is 0 Å². The van der Waals surface area contributed by atoms with E-state index < -0.39 is 12.2 Å². The summed E-state index contributed by atoms with van der Waals surface area (Å²) in [5.41, 5.74) is 0.540. The molecule has 0 heterocycles. The van der Waals surface area contributed by atoms with E-state index in [1.165, 1.54) is 0 Å². The molecule has 4 heteroatoms. The molecule has 27 heavy (non-hydrogen) atoms. The predicted octanol–water partition coefficient (Wildman–Crippen LogP) is 4.10. The summed E-state index contributed by atoms with van der Waals surface area (Å²) in [6, 6.07) is 0. The topological polar surface area (TPSA) is 66.8 Å². The maximum Gasteiger partial charge on any atom is 0.313 e. The van der Waals surface area contributed by atoms with Gasteiger partial charge in [0.15, 0.2) is 0 Å². The zero-order chi connectivity index (χ0) is 20.2.